The van der Waals surface area contributed by atoms with Gasteiger partial charge in [-0.25, -0.2) is 19.3 Å². The number of carbonyl (C=O) groups is 1. The number of hydrogen-bond acceptors (Lipinski definition) is 7. The van der Waals surface area contributed by atoms with Crippen molar-refractivity contribution < 1.29 is 9.53 Å². The predicted octanol–water partition coefficient (Wildman–Crippen LogP) is 3.84. The van der Waals surface area contributed by atoms with Gasteiger partial charge in [-0.1, -0.05) is 6.07 Å². The van der Waals surface area contributed by atoms with Gasteiger partial charge in [-0.2, -0.15) is 5.10 Å². The van der Waals surface area contributed by atoms with E-state index < -0.39 is 5.60 Å². The number of imidazole rings is 1. The van der Waals surface area contributed by atoms with E-state index in [0.29, 0.717) is 36.5 Å². The van der Waals surface area contributed by atoms with Gasteiger partial charge in [0.1, 0.15) is 5.60 Å². The number of aromatic amines is 1. The molecule has 37 heavy (non-hydrogen) atoms. The van der Waals surface area contributed by atoms with Gasteiger partial charge in [-0.05, 0) is 71.2 Å². The van der Waals surface area contributed by atoms with E-state index in [2.05, 4.69) is 14.9 Å². The number of hydrogen-bond donors (Lipinski definition) is 1. The lowest BCUT2D eigenvalue weighted by atomic mass is 10.1. The molecule has 10 nitrogen and oxygen atoms in total. The first-order valence-electron chi connectivity index (χ1n) is 12.7. The third-order valence-corrected chi connectivity index (χ3v) is 7.11. The first kappa shape index (κ1) is 23.4. The highest BCUT2D eigenvalue weighted by molar-refractivity contribution is 5.84. The van der Waals surface area contributed by atoms with Gasteiger partial charge in [0, 0.05) is 25.2 Å². The van der Waals surface area contributed by atoms with Crippen LogP contribution in [0.2, 0.25) is 0 Å². The van der Waals surface area contributed by atoms with E-state index in [0.717, 1.165) is 41.0 Å². The summed E-state index contributed by atoms with van der Waals surface area (Å²) in [5.41, 5.74) is 3.98. The van der Waals surface area contributed by atoms with E-state index in [1.165, 1.54) is 0 Å². The molecule has 1 saturated heterocycles. The summed E-state index contributed by atoms with van der Waals surface area (Å²) in [4.78, 5) is 42.2. The number of aryl methyl sites for hydroxylation is 2. The molecule has 0 unspecified atom stereocenters. The number of benzene rings is 1. The second kappa shape index (κ2) is 8.03. The van der Waals surface area contributed by atoms with Gasteiger partial charge in [0.25, 0.3) is 5.56 Å². The topological polar surface area (TPSA) is 109 Å². The number of ether oxygens (including phenoxy) is 1. The fourth-order valence-electron chi connectivity index (χ4n) is 5.15. The average Bonchev–Trinajstić information content (AvgIpc) is 3.46. The molecule has 1 N–H and O–H groups in total. The molecule has 3 aromatic heterocycles. The zero-order valence-electron chi connectivity index (χ0n) is 21.8. The van der Waals surface area contributed by atoms with E-state index >= 15 is 0 Å². The maximum Gasteiger partial charge on any atom is 0.410 e. The second-order valence-electron chi connectivity index (χ2n) is 11.3. The van der Waals surface area contributed by atoms with Crippen LogP contribution in [0.5, 0.6) is 0 Å². The van der Waals surface area contributed by atoms with Crippen LogP contribution in [0, 0.1) is 13.8 Å². The fraction of sp³-hybridized carbons (Fsp3) is 0.444. The summed E-state index contributed by atoms with van der Waals surface area (Å²) >= 11 is 0. The molecule has 1 aliphatic heterocycles. The highest BCUT2D eigenvalue weighted by Gasteiger charge is 2.54. The molecule has 2 fully saturated rings. The van der Waals surface area contributed by atoms with Crippen molar-refractivity contribution in [3.8, 4) is 11.3 Å². The van der Waals surface area contributed by atoms with E-state index in [4.69, 9.17) is 14.8 Å². The monoisotopic (exact) mass is 501 g/mol. The van der Waals surface area contributed by atoms with Crippen LogP contribution < -0.4 is 10.5 Å². The molecule has 192 valence electrons. The van der Waals surface area contributed by atoms with Crippen molar-refractivity contribution in [2.75, 3.05) is 24.5 Å². The Hall–Kier alpha value is -3.95. The molecule has 10 heteroatoms. The maximum absolute atomic E-state index is 13.2. The molecule has 4 aromatic rings. The SMILES string of the molecule is Cc1cn2nc(-c3ccc4nc(N5CCN(C(=O)OC(C)(C)C)C6(CC6)C5)[nH]c(=O)c4c3)cc(C)c2n1. The highest BCUT2D eigenvalue weighted by atomic mass is 16.6. The minimum atomic E-state index is -0.536. The minimum Gasteiger partial charge on any atom is -0.444 e. The number of H-pyrrole nitrogens is 1. The van der Waals surface area contributed by atoms with Crippen LogP contribution in [0.25, 0.3) is 27.8 Å². The van der Waals surface area contributed by atoms with Gasteiger partial charge >= 0.3 is 6.09 Å². The van der Waals surface area contributed by atoms with Crippen molar-refractivity contribution in [1.82, 2.24) is 29.5 Å². The summed E-state index contributed by atoms with van der Waals surface area (Å²) in [6, 6.07) is 7.63. The summed E-state index contributed by atoms with van der Waals surface area (Å²) in [7, 11) is 0. The minimum absolute atomic E-state index is 0.197. The Kier molecular flexibility index (Phi) is 5.09. The van der Waals surface area contributed by atoms with Gasteiger partial charge in [-0.15, -0.1) is 0 Å². The second-order valence-corrected chi connectivity index (χ2v) is 11.3. The Morgan fingerprint density at radius 1 is 1.11 bits per heavy atom. The largest absolute Gasteiger partial charge is 0.444 e. The third kappa shape index (κ3) is 4.20. The number of aromatic nitrogens is 5. The van der Waals surface area contributed by atoms with Crippen LogP contribution in [0.15, 0.2) is 35.3 Å². The van der Waals surface area contributed by atoms with Crippen molar-refractivity contribution in [2.24, 2.45) is 0 Å². The summed E-state index contributed by atoms with van der Waals surface area (Å²) in [6.07, 6.45) is 3.45. The number of rotatable bonds is 2. The smallest absolute Gasteiger partial charge is 0.410 e. The summed E-state index contributed by atoms with van der Waals surface area (Å²) in [6.45, 7) is 11.3. The van der Waals surface area contributed by atoms with Crippen LogP contribution in [-0.4, -0.2) is 66.3 Å². The Balaban J connectivity index is 1.28. The van der Waals surface area contributed by atoms with Crippen LogP contribution in [0.3, 0.4) is 0 Å². The van der Waals surface area contributed by atoms with Crippen molar-refractivity contribution in [3.05, 3.63) is 52.1 Å². The number of anilines is 1. The zero-order valence-corrected chi connectivity index (χ0v) is 21.8. The first-order chi connectivity index (χ1) is 17.5. The number of fused-ring (bicyclic) bond motifs is 2. The van der Waals surface area contributed by atoms with E-state index in [1.807, 2.05) is 70.0 Å². The first-order valence-corrected chi connectivity index (χ1v) is 12.7. The zero-order chi connectivity index (χ0) is 26.1. The summed E-state index contributed by atoms with van der Waals surface area (Å²) in [5, 5.41) is 5.20. The molecule has 4 heterocycles. The number of nitrogens with one attached hydrogen (secondary N) is 1. The summed E-state index contributed by atoms with van der Waals surface area (Å²) < 4.78 is 7.41. The van der Waals surface area contributed by atoms with E-state index in [1.54, 1.807) is 4.52 Å². The van der Waals surface area contributed by atoms with E-state index in [-0.39, 0.29) is 17.2 Å². The number of nitrogens with zero attached hydrogens (tertiary/aromatic N) is 6. The number of carbonyl (C=O) groups excluding carboxylic acids is 1. The molecule has 1 aromatic carbocycles. The molecule has 2 aliphatic rings. The predicted molar refractivity (Wildman–Crippen MR) is 141 cm³/mol. The Morgan fingerprint density at radius 3 is 2.62 bits per heavy atom. The van der Waals surface area contributed by atoms with Gasteiger partial charge in [0.05, 0.1) is 34.0 Å². The molecule has 6 rings (SSSR count). The normalized spacial score (nSPS) is 17.1. The van der Waals surface area contributed by atoms with Crippen LogP contribution >= 0.6 is 0 Å². The standard InChI is InChI=1S/C27H31N7O3/c1-16-12-21(31-34-14-17(2)28-22(16)34)18-6-7-20-19(13-18)23(35)30-24(29-20)32-10-11-33(27(15-32)8-9-27)25(36)37-26(3,4)5/h6-7,12-14H,8-11,15H2,1-5H3,(H,29,30,35). The van der Waals surface area contributed by atoms with Gasteiger partial charge in [0.2, 0.25) is 5.95 Å². The molecule has 1 saturated carbocycles. The molecule has 1 aliphatic carbocycles. The molecule has 1 spiro atoms. The molecule has 0 radical (unpaired) electrons. The van der Waals surface area contributed by atoms with Crippen molar-refractivity contribution in [3.63, 3.8) is 0 Å². The summed E-state index contributed by atoms with van der Waals surface area (Å²) in [5.74, 6) is 0.532. The van der Waals surface area contributed by atoms with E-state index in [9.17, 15) is 9.59 Å². The van der Waals surface area contributed by atoms with Crippen LogP contribution in [0.4, 0.5) is 10.7 Å². The maximum atomic E-state index is 13.2. The van der Waals surface area contributed by atoms with Crippen LogP contribution in [0.1, 0.15) is 44.9 Å². The van der Waals surface area contributed by atoms with Crippen molar-refractivity contribution in [1.29, 1.82) is 0 Å². The molecular formula is C27H31N7O3. The van der Waals surface area contributed by atoms with Gasteiger partial charge in [-0.3, -0.25) is 14.7 Å². The van der Waals surface area contributed by atoms with Gasteiger partial charge < -0.3 is 9.64 Å². The lowest BCUT2D eigenvalue weighted by molar-refractivity contribution is 0.0105. The molecule has 1 amide bonds. The molecule has 0 atom stereocenters. The quantitative estimate of drug-likeness (QED) is 0.445. The van der Waals surface area contributed by atoms with Crippen molar-refractivity contribution in [2.45, 2.75) is 58.6 Å². The molecular weight excluding hydrogens is 470 g/mol. The Labute approximate surface area is 214 Å². The lowest BCUT2D eigenvalue weighted by Crippen LogP contribution is -2.58. The Morgan fingerprint density at radius 2 is 1.89 bits per heavy atom. The fourth-order valence-corrected chi connectivity index (χ4v) is 5.15. The lowest BCUT2D eigenvalue weighted by Gasteiger charge is -2.42. The number of piperazine rings is 1. The molecule has 0 bridgehead atoms. The highest BCUT2D eigenvalue weighted by Crippen LogP contribution is 2.45. The van der Waals surface area contributed by atoms with Gasteiger partial charge in [0.15, 0.2) is 5.65 Å². The third-order valence-electron chi connectivity index (χ3n) is 7.11. The van der Waals surface area contributed by atoms with Crippen LogP contribution in [-0.2, 0) is 4.74 Å². The van der Waals surface area contributed by atoms with Crippen molar-refractivity contribution >= 4 is 28.6 Å². The number of amides is 1. The average molecular weight is 502 g/mol. The Bertz CT molecular complexity index is 1610.